The van der Waals surface area contributed by atoms with Crippen molar-refractivity contribution in [3.05, 3.63) is 84.4 Å². The number of benzene rings is 3. The van der Waals surface area contributed by atoms with E-state index >= 15 is 0 Å². The van der Waals surface area contributed by atoms with E-state index in [2.05, 4.69) is 20.7 Å². The normalized spacial score (nSPS) is 24.2. The summed E-state index contributed by atoms with van der Waals surface area (Å²) >= 11 is 0. The van der Waals surface area contributed by atoms with Gasteiger partial charge >= 0.3 is 12.2 Å². The lowest BCUT2D eigenvalue weighted by Gasteiger charge is -2.41. The number of carbonyl (C=O) groups is 6. The smallest absolute Gasteiger partial charge is 0.410 e. The molecule has 1 unspecified atom stereocenters. The van der Waals surface area contributed by atoms with Gasteiger partial charge in [-0.05, 0) is 92.0 Å². The van der Waals surface area contributed by atoms with E-state index in [0.717, 1.165) is 54.9 Å². The summed E-state index contributed by atoms with van der Waals surface area (Å²) in [4.78, 5) is 83.9. The highest BCUT2D eigenvalue weighted by molar-refractivity contribution is 7.90. The zero-order valence-electron chi connectivity index (χ0n) is 34.1. The fourth-order valence-corrected chi connectivity index (χ4v) is 9.44. The highest BCUT2D eigenvalue weighted by Crippen LogP contribution is 2.45. The number of amides is 6. The van der Waals surface area contributed by atoms with Gasteiger partial charge in [-0.1, -0.05) is 67.5 Å². The van der Waals surface area contributed by atoms with Crippen LogP contribution in [0.25, 0.3) is 10.8 Å². The second-order valence-corrected chi connectivity index (χ2v) is 17.9. The predicted molar refractivity (Wildman–Crippen MR) is 224 cm³/mol. The molecule has 61 heavy (non-hydrogen) atoms. The summed E-state index contributed by atoms with van der Waals surface area (Å²) in [6.07, 6.45) is 8.41. The standard InChI is InChI=1S/C44H52N6O10S/c1-29(51)45-33-20-22-35(23-21-33)61(57,58)48-41(54)44-26-32(44)15-5-3-2-4-6-19-37(46-42(55)60-34-16-8-9-17-34)40(53)50-25-24-49(27-38(50)39(52)47-44)43(56)59-28-31-14-11-13-30-12-7-10-18-36(30)31/h5,7,10-15,18,20-23,32,34,37-38H,2-4,6,8-9,16-17,19,24-28H2,1H3,(H,45,51)(H,46,55)(H,47,52)(H,48,54)/b15-5+/t32?,37-,38-,44-/m0/s1. The summed E-state index contributed by atoms with van der Waals surface area (Å²) in [6.45, 7) is 0.880. The molecule has 0 radical (unpaired) electrons. The Kier molecular flexibility index (Phi) is 13.3. The molecule has 0 aromatic heterocycles. The van der Waals surface area contributed by atoms with Gasteiger partial charge in [0.2, 0.25) is 17.7 Å². The lowest BCUT2D eigenvalue weighted by molar-refractivity contribution is -0.146. The molecular formula is C44H52N6O10S. The summed E-state index contributed by atoms with van der Waals surface area (Å²) in [6, 6.07) is 16.2. The monoisotopic (exact) mass is 856 g/mol. The van der Waals surface area contributed by atoms with Gasteiger partial charge in [0.05, 0.1) is 11.4 Å². The summed E-state index contributed by atoms with van der Waals surface area (Å²) < 4.78 is 40.6. The van der Waals surface area contributed by atoms with Crippen LogP contribution in [0, 0.1) is 5.92 Å². The molecule has 0 spiro atoms. The van der Waals surface area contributed by atoms with Gasteiger partial charge in [0.1, 0.15) is 30.3 Å². The summed E-state index contributed by atoms with van der Waals surface area (Å²) in [5.74, 6) is -3.22. The first-order valence-corrected chi connectivity index (χ1v) is 22.4. The molecular weight excluding hydrogens is 805 g/mol. The molecule has 2 aliphatic carbocycles. The summed E-state index contributed by atoms with van der Waals surface area (Å²) in [5.41, 5.74) is -0.560. The fourth-order valence-electron chi connectivity index (χ4n) is 8.40. The zero-order valence-corrected chi connectivity index (χ0v) is 34.9. The van der Waals surface area contributed by atoms with E-state index < -0.39 is 63.5 Å². The first-order chi connectivity index (χ1) is 29.3. The number of anilines is 1. The minimum Gasteiger partial charge on any atom is -0.446 e. The Bertz CT molecular complexity index is 2290. The number of alkyl carbamates (subject to hydrolysis) is 1. The van der Waals surface area contributed by atoms with Crippen molar-refractivity contribution in [3.8, 4) is 0 Å². The van der Waals surface area contributed by atoms with Crippen LogP contribution in [0.5, 0.6) is 0 Å². The maximum atomic E-state index is 14.6. The topological polar surface area (TPSA) is 210 Å². The largest absolute Gasteiger partial charge is 0.446 e. The maximum Gasteiger partial charge on any atom is 0.410 e. The van der Waals surface area contributed by atoms with E-state index in [1.54, 1.807) is 6.08 Å². The van der Waals surface area contributed by atoms with Crippen molar-refractivity contribution in [2.24, 2.45) is 5.92 Å². The third-order valence-electron chi connectivity index (χ3n) is 11.8. The van der Waals surface area contributed by atoms with Crippen molar-refractivity contribution in [2.75, 3.05) is 25.0 Å². The number of carbonyl (C=O) groups excluding carboxylic acids is 6. The number of rotatable bonds is 8. The summed E-state index contributed by atoms with van der Waals surface area (Å²) in [7, 11) is -4.45. The number of hydrogen-bond donors (Lipinski definition) is 4. The number of allylic oxidation sites excluding steroid dienone is 1. The van der Waals surface area contributed by atoms with Crippen LogP contribution in [0.2, 0.25) is 0 Å². The van der Waals surface area contributed by atoms with Crippen molar-refractivity contribution in [1.82, 2.24) is 25.2 Å². The highest BCUT2D eigenvalue weighted by atomic mass is 32.2. The van der Waals surface area contributed by atoms with E-state index in [1.165, 1.54) is 41.0 Å². The molecule has 1 saturated heterocycles. The van der Waals surface area contributed by atoms with Crippen LogP contribution in [-0.2, 0) is 45.3 Å². The van der Waals surface area contributed by atoms with E-state index in [0.29, 0.717) is 18.5 Å². The third kappa shape index (κ3) is 10.3. The molecule has 3 aromatic rings. The summed E-state index contributed by atoms with van der Waals surface area (Å²) in [5, 5.41) is 10.0. The number of fused-ring (bicyclic) bond motifs is 3. The van der Waals surface area contributed by atoms with Gasteiger partial charge in [0, 0.05) is 31.6 Å². The Morgan fingerprint density at radius 3 is 2.39 bits per heavy atom. The van der Waals surface area contributed by atoms with Crippen LogP contribution in [0.15, 0.2) is 83.8 Å². The Hall–Kier alpha value is -5.97. The number of hydrogen-bond acceptors (Lipinski definition) is 10. The van der Waals surface area contributed by atoms with Crippen LogP contribution in [0.3, 0.4) is 0 Å². The van der Waals surface area contributed by atoms with Crippen LogP contribution in [0.4, 0.5) is 15.3 Å². The Balaban J connectivity index is 1.14. The van der Waals surface area contributed by atoms with Crippen LogP contribution in [0.1, 0.15) is 76.7 Å². The molecule has 16 nitrogen and oxygen atoms in total. The van der Waals surface area contributed by atoms with Gasteiger partial charge in [-0.15, -0.1) is 0 Å². The van der Waals surface area contributed by atoms with Gasteiger partial charge in [0.25, 0.3) is 15.9 Å². The van der Waals surface area contributed by atoms with Crippen molar-refractivity contribution < 1.29 is 46.7 Å². The molecule has 2 aliphatic heterocycles. The Morgan fingerprint density at radius 1 is 0.885 bits per heavy atom. The number of sulfonamides is 1. The quantitative estimate of drug-likeness (QED) is 0.226. The second kappa shape index (κ2) is 18.7. The molecule has 2 heterocycles. The molecule has 324 valence electrons. The second-order valence-electron chi connectivity index (χ2n) is 16.2. The molecule has 4 atom stereocenters. The molecule has 2 saturated carbocycles. The van der Waals surface area contributed by atoms with Crippen LogP contribution < -0.4 is 20.7 Å². The molecule has 17 heteroatoms. The van der Waals surface area contributed by atoms with Gasteiger partial charge in [-0.3, -0.25) is 19.2 Å². The first kappa shape index (κ1) is 43.1. The Labute approximate surface area is 354 Å². The molecule has 6 amide bonds. The lowest BCUT2D eigenvalue weighted by atomic mass is 10.0. The first-order valence-electron chi connectivity index (χ1n) is 20.9. The minimum atomic E-state index is -4.45. The predicted octanol–water partition coefficient (Wildman–Crippen LogP) is 4.89. The van der Waals surface area contributed by atoms with Gasteiger partial charge < -0.3 is 35.2 Å². The Morgan fingerprint density at radius 2 is 1.62 bits per heavy atom. The molecule has 3 fully saturated rings. The van der Waals surface area contributed by atoms with E-state index in [9.17, 15) is 37.2 Å². The van der Waals surface area contributed by atoms with E-state index in [-0.39, 0.29) is 56.0 Å². The zero-order chi connectivity index (χ0) is 43.1. The molecule has 4 N–H and O–H groups in total. The van der Waals surface area contributed by atoms with Gasteiger partial charge in [0.15, 0.2) is 0 Å². The number of piperazine rings is 1. The van der Waals surface area contributed by atoms with Gasteiger partial charge in [-0.25, -0.2) is 22.7 Å². The third-order valence-corrected chi connectivity index (χ3v) is 13.2. The van der Waals surface area contributed by atoms with Crippen molar-refractivity contribution in [1.29, 1.82) is 0 Å². The minimum absolute atomic E-state index is 0.0130. The fraction of sp³-hybridized carbons (Fsp3) is 0.455. The molecule has 3 aromatic carbocycles. The SMILES string of the molecule is CC(=O)Nc1ccc(S(=O)(=O)NC(=O)[C@]23CC2/C=C/CCCCC[C@H](NC(=O)OC2CCCC2)C(=O)N2CCN(C(=O)OCc4cccc5ccccc45)C[C@H]2C(=O)N3)cc1. The lowest BCUT2D eigenvalue weighted by Crippen LogP contribution is -2.66. The average Bonchev–Trinajstić information content (AvgIpc) is 3.69. The maximum absolute atomic E-state index is 14.6. The molecule has 7 rings (SSSR count). The van der Waals surface area contributed by atoms with E-state index in [1.807, 2.05) is 48.5 Å². The van der Waals surface area contributed by atoms with Gasteiger partial charge in [-0.2, -0.15) is 0 Å². The van der Waals surface area contributed by atoms with Crippen molar-refractivity contribution >= 4 is 62.3 Å². The number of ether oxygens (including phenoxy) is 2. The van der Waals surface area contributed by atoms with Crippen molar-refractivity contribution in [3.63, 3.8) is 0 Å². The van der Waals surface area contributed by atoms with Crippen LogP contribution in [-0.4, -0.2) is 97.4 Å². The van der Waals surface area contributed by atoms with Crippen molar-refractivity contribution in [2.45, 2.75) is 106 Å². The highest BCUT2D eigenvalue weighted by Gasteiger charge is 2.61. The number of nitrogens with zero attached hydrogens (tertiary/aromatic N) is 2. The average molecular weight is 857 g/mol. The number of nitrogens with one attached hydrogen (secondary N) is 4. The van der Waals surface area contributed by atoms with Crippen LogP contribution >= 0.6 is 0 Å². The molecule has 4 aliphatic rings. The molecule has 0 bridgehead atoms. The van der Waals surface area contributed by atoms with E-state index in [4.69, 9.17) is 9.47 Å².